The van der Waals surface area contributed by atoms with Gasteiger partial charge < -0.3 is 5.32 Å². The Morgan fingerprint density at radius 2 is 2.10 bits per heavy atom. The van der Waals surface area contributed by atoms with Crippen LogP contribution in [0.4, 0.5) is 17.6 Å². The fourth-order valence-electron chi connectivity index (χ4n) is 1.47. The predicted octanol–water partition coefficient (Wildman–Crippen LogP) is 1.89. The molecule has 1 aromatic heterocycles. The van der Waals surface area contributed by atoms with Gasteiger partial charge in [-0.05, 0) is 18.2 Å². The van der Waals surface area contributed by atoms with E-state index in [0.29, 0.717) is 18.0 Å². The van der Waals surface area contributed by atoms with Crippen molar-refractivity contribution in [3.63, 3.8) is 0 Å². The van der Waals surface area contributed by atoms with Crippen LogP contribution in [0.15, 0.2) is 24.5 Å². The highest BCUT2D eigenvalue weighted by Gasteiger charge is 2.34. The van der Waals surface area contributed by atoms with Gasteiger partial charge in [-0.3, -0.25) is 9.89 Å². The number of aromatic amines is 1. The van der Waals surface area contributed by atoms with Crippen LogP contribution in [0.1, 0.15) is 21.7 Å². The Morgan fingerprint density at radius 3 is 2.70 bits per heavy atom. The lowest BCUT2D eigenvalue weighted by atomic mass is 10.1. The molecule has 0 aliphatic heterocycles. The number of benzene rings is 1. The van der Waals surface area contributed by atoms with Crippen LogP contribution in [-0.2, 0) is 12.7 Å². The average molecular weight is 288 g/mol. The first-order valence-electron chi connectivity index (χ1n) is 5.37. The molecule has 0 saturated carbocycles. The lowest BCUT2D eigenvalue weighted by Gasteiger charge is -2.10. The number of nitrogens with zero attached hydrogens (tertiary/aromatic N) is 2. The van der Waals surface area contributed by atoms with Gasteiger partial charge in [0.2, 0.25) is 0 Å². The van der Waals surface area contributed by atoms with Gasteiger partial charge in [0.25, 0.3) is 5.91 Å². The number of aromatic nitrogens is 3. The molecule has 0 spiro atoms. The van der Waals surface area contributed by atoms with Crippen LogP contribution in [0.3, 0.4) is 0 Å². The molecule has 0 saturated heterocycles. The van der Waals surface area contributed by atoms with E-state index in [4.69, 9.17) is 0 Å². The van der Waals surface area contributed by atoms with E-state index in [9.17, 15) is 22.4 Å². The molecule has 1 aromatic carbocycles. The minimum Gasteiger partial charge on any atom is -0.345 e. The number of hydrogen-bond acceptors (Lipinski definition) is 3. The minimum atomic E-state index is -4.86. The Labute approximate surface area is 110 Å². The lowest BCUT2D eigenvalue weighted by Crippen LogP contribution is -2.24. The highest BCUT2D eigenvalue weighted by atomic mass is 19.4. The Balaban J connectivity index is 2.14. The monoisotopic (exact) mass is 288 g/mol. The molecular weight excluding hydrogens is 280 g/mol. The van der Waals surface area contributed by atoms with Crippen LogP contribution < -0.4 is 5.32 Å². The maximum Gasteiger partial charge on any atom is 0.419 e. The molecule has 2 N–H and O–H groups in total. The fourth-order valence-corrected chi connectivity index (χ4v) is 1.47. The molecular formula is C11H8F4N4O. The summed E-state index contributed by atoms with van der Waals surface area (Å²) in [6, 6.07) is 2.04. The van der Waals surface area contributed by atoms with Gasteiger partial charge in [0, 0.05) is 5.56 Å². The van der Waals surface area contributed by atoms with Crippen LogP contribution in [0.2, 0.25) is 0 Å². The zero-order valence-electron chi connectivity index (χ0n) is 9.83. The van der Waals surface area contributed by atoms with E-state index in [2.05, 4.69) is 20.5 Å². The normalized spacial score (nSPS) is 11.4. The molecule has 0 atom stereocenters. The molecule has 0 radical (unpaired) electrons. The largest absolute Gasteiger partial charge is 0.419 e. The lowest BCUT2D eigenvalue weighted by molar-refractivity contribution is -0.140. The molecule has 0 bridgehead atoms. The van der Waals surface area contributed by atoms with Crippen molar-refractivity contribution >= 4 is 5.91 Å². The molecule has 20 heavy (non-hydrogen) atoms. The van der Waals surface area contributed by atoms with Crippen LogP contribution in [0.5, 0.6) is 0 Å². The number of halogens is 4. The number of alkyl halides is 3. The van der Waals surface area contributed by atoms with Gasteiger partial charge in [-0.25, -0.2) is 9.37 Å². The number of nitrogens with one attached hydrogen (secondary N) is 2. The SMILES string of the molecule is O=C(NCc1ncn[nH]1)c1ccc(F)c(C(F)(F)F)c1. The smallest absolute Gasteiger partial charge is 0.345 e. The van der Waals surface area contributed by atoms with Crippen molar-refractivity contribution < 1.29 is 22.4 Å². The van der Waals surface area contributed by atoms with E-state index in [1.165, 1.54) is 6.33 Å². The molecule has 9 heteroatoms. The number of H-pyrrole nitrogens is 1. The van der Waals surface area contributed by atoms with E-state index in [-0.39, 0.29) is 12.1 Å². The van der Waals surface area contributed by atoms with Crippen molar-refractivity contribution in [2.24, 2.45) is 0 Å². The van der Waals surface area contributed by atoms with Crippen molar-refractivity contribution in [2.75, 3.05) is 0 Å². The second-order valence-corrected chi connectivity index (χ2v) is 3.81. The summed E-state index contributed by atoms with van der Waals surface area (Å²) in [5, 5.41) is 8.35. The summed E-state index contributed by atoms with van der Waals surface area (Å²) in [6.07, 6.45) is -3.63. The Hall–Kier alpha value is -2.45. The van der Waals surface area contributed by atoms with Crippen molar-refractivity contribution in [3.05, 3.63) is 47.3 Å². The Bertz CT molecular complexity index is 609. The minimum absolute atomic E-state index is 0.0302. The number of carbonyl (C=O) groups excluding carboxylic acids is 1. The van der Waals surface area contributed by atoms with Gasteiger partial charge >= 0.3 is 6.18 Å². The Kier molecular flexibility index (Phi) is 3.68. The van der Waals surface area contributed by atoms with Gasteiger partial charge in [0.1, 0.15) is 18.0 Å². The summed E-state index contributed by atoms with van der Waals surface area (Å²) in [4.78, 5) is 15.4. The number of hydrogen-bond donors (Lipinski definition) is 2. The summed E-state index contributed by atoms with van der Waals surface area (Å²) in [5.74, 6) is -1.85. The topological polar surface area (TPSA) is 70.7 Å². The maximum atomic E-state index is 13.1. The molecule has 1 heterocycles. The van der Waals surface area contributed by atoms with Crippen LogP contribution in [0, 0.1) is 5.82 Å². The van der Waals surface area contributed by atoms with Crippen molar-refractivity contribution in [3.8, 4) is 0 Å². The summed E-state index contributed by atoms with van der Waals surface area (Å²) in [7, 11) is 0. The number of carbonyl (C=O) groups is 1. The molecule has 1 amide bonds. The third-order valence-corrected chi connectivity index (χ3v) is 2.42. The molecule has 2 aromatic rings. The van der Waals surface area contributed by atoms with Crippen LogP contribution >= 0.6 is 0 Å². The highest BCUT2D eigenvalue weighted by molar-refractivity contribution is 5.94. The van der Waals surface area contributed by atoms with Gasteiger partial charge in [-0.1, -0.05) is 0 Å². The summed E-state index contributed by atoms with van der Waals surface area (Å²) in [5.41, 5.74) is -1.77. The first-order valence-corrected chi connectivity index (χ1v) is 5.37. The van der Waals surface area contributed by atoms with Gasteiger partial charge in [0.15, 0.2) is 0 Å². The van der Waals surface area contributed by atoms with Crippen LogP contribution in [0.25, 0.3) is 0 Å². The molecule has 0 aliphatic rings. The van der Waals surface area contributed by atoms with E-state index >= 15 is 0 Å². The van der Waals surface area contributed by atoms with Crippen LogP contribution in [-0.4, -0.2) is 21.1 Å². The molecule has 106 valence electrons. The summed E-state index contributed by atoms with van der Waals surface area (Å²) >= 11 is 0. The van der Waals surface area contributed by atoms with Crippen molar-refractivity contribution in [1.82, 2.24) is 20.5 Å². The third kappa shape index (κ3) is 3.11. The molecule has 5 nitrogen and oxygen atoms in total. The fraction of sp³-hybridized carbons (Fsp3) is 0.182. The zero-order valence-corrected chi connectivity index (χ0v) is 9.83. The highest BCUT2D eigenvalue weighted by Crippen LogP contribution is 2.31. The molecule has 0 aliphatic carbocycles. The summed E-state index contributed by atoms with van der Waals surface area (Å²) in [6.45, 7) is -0.0302. The average Bonchev–Trinajstić information content (AvgIpc) is 2.88. The molecule has 0 fully saturated rings. The second kappa shape index (κ2) is 5.27. The number of rotatable bonds is 3. The zero-order chi connectivity index (χ0) is 14.8. The van der Waals surface area contributed by atoms with E-state index in [1.54, 1.807) is 0 Å². The van der Waals surface area contributed by atoms with Crippen molar-refractivity contribution in [1.29, 1.82) is 0 Å². The predicted molar refractivity (Wildman–Crippen MR) is 59.0 cm³/mol. The van der Waals surface area contributed by atoms with Gasteiger partial charge in [-0.2, -0.15) is 18.3 Å². The van der Waals surface area contributed by atoms with E-state index in [1.807, 2.05) is 0 Å². The Morgan fingerprint density at radius 1 is 1.35 bits per heavy atom. The molecule has 2 rings (SSSR count). The third-order valence-electron chi connectivity index (χ3n) is 2.42. The van der Waals surface area contributed by atoms with Crippen molar-refractivity contribution in [2.45, 2.75) is 12.7 Å². The first kappa shape index (κ1) is 14.0. The number of amides is 1. The first-order chi connectivity index (χ1) is 9.38. The van der Waals surface area contributed by atoms with E-state index in [0.717, 1.165) is 6.07 Å². The van der Waals surface area contributed by atoms with E-state index < -0.39 is 23.5 Å². The van der Waals surface area contributed by atoms with Gasteiger partial charge in [0.05, 0.1) is 12.1 Å². The molecule has 0 unspecified atom stereocenters. The van der Waals surface area contributed by atoms with Gasteiger partial charge in [-0.15, -0.1) is 0 Å². The summed E-state index contributed by atoms with van der Waals surface area (Å²) < 4.78 is 50.6. The quantitative estimate of drug-likeness (QED) is 0.847. The second-order valence-electron chi connectivity index (χ2n) is 3.81. The maximum absolute atomic E-state index is 13.1. The standard InChI is InChI=1S/C11H8F4N4O/c12-8-2-1-6(3-7(8)11(13,14)15)10(20)16-4-9-17-5-18-19-9/h1-3,5H,4H2,(H,16,20)(H,17,18,19).